The number of benzene rings is 1. The third-order valence-electron chi connectivity index (χ3n) is 5.13. The third kappa shape index (κ3) is 4.58. The van der Waals surface area contributed by atoms with Crippen LogP contribution in [0.4, 0.5) is 0 Å². The second-order valence-corrected chi connectivity index (χ2v) is 9.85. The van der Waals surface area contributed by atoms with Gasteiger partial charge in [-0.3, -0.25) is 4.79 Å². The van der Waals surface area contributed by atoms with E-state index >= 15 is 0 Å². The van der Waals surface area contributed by atoms with Crippen molar-refractivity contribution in [2.45, 2.75) is 37.6 Å². The number of rotatable bonds is 6. The van der Waals surface area contributed by atoms with Gasteiger partial charge in [-0.1, -0.05) is 11.3 Å². The Bertz CT molecular complexity index is 1150. The summed E-state index contributed by atoms with van der Waals surface area (Å²) < 4.78 is 39.2. The second-order valence-electron chi connectivity index (χ2n) is 6.98. The van der Waals surface area contributed by atoms with E-state index in [1.165, 1.54) is 23.5 Å². The van der Waals surface area contributed by atoms with E-state index < -0.39 is 27.9 Å². The van der Waals surface area contributed by atoms with Gasteiger partial charge in [-0.15, -0.1) is 0 Å². The lowest BCUT2D eigenvalue weighted by atomic mass is 10.2. The monoisotopic (exact) mass is 467 g/mol. The Morgan fingerprint density at radius 2 is 1.94 bits per heavy atom. The maximum Gasteiger partial charge on any atom is 0.350 e. The van der Waals surface area contributed by atoms with Crippen molar-refractivity contribution >= 4 is 33.2 Å². The van der Waals surface area contributed by atoms with E-state index in [1.54, 1.807) is 37.6 Å². The Balaban J connectivity index is 1.91. The van der Waals surface area contributed by atoms with Crippen molar-refractivity contribution in [1.82, 2.24) is 8.87 Å². The molecule has 0 N–H and O–H groups in total. The minimum atomic E-state index is -3.86. The molecular weight excluding hydrogens is 442 g/mol. The Morgan fingerprint density at radius 3 is 2.55 bits per heavy atom. The summed E-state index contributed by atoms with van der Waals surface area (Å²) in [6, 6.07) is 5.16. The fourth-order valence-electron chi connectivity index (χ4n) is 3.34. The van der Waals surface area contributed by atoms with E-state index in [0.717, 1.165) is 11.3 Å². The van der Waals surface area contributed by atoms with Gasteiger partial charge >= 0.3 is 5.97 Å². The van der Waals surface area contributed by atoms with Crippen LogP contribution < -0.4 is 9.54 Å². The minimum absolute atomic E-state index is 0.0927. The van der Waals surface area contributed by atoms with Crippen LogP contribution in [0.15, 0.2) is 34.2 Å². The lowest BCUT2D eigenvalue weighted by Crippen LogP contribution is -2.40. The number of hydrogen-bond acceptors (Lipinski definition) is 7. The number of ether oxygens (including phenoxy) is 2. The molecule has 0 bridgehead atoms. The molecule has 2 heterocycles. The van der Waals surface area contributed by atoms with Crippen LogP contribution in [0.5, 0.6) is 5.75 Å². The normalized spacial score (nSPS) is 17.7. The van der Waals surface area contributed by atoms with Crippen molar-refractivity contribution < 1.29 is 27.5 Å². The molecule has 1 aromatic carbocycles. The average molecular weight is 468 g/mol. The Hall–Kier alpha value is -2.50. The number of thiazole rings is 1. The highest BCUT2D eigenvalue weighted by atomic mass is 32.2. The van der Waals surface area contributed by atoms with Crippen LogP contribution in [0.2, 0.25) is 0 Å². The molecule has 1 aromatic heterocycles. The summed E-state index contributed by atoms with van der Waals surface area (Å²) in [4.78, 5) is 30.0. The van der Waals surface area contributed by atoms with Gasteiger partial charge in [0.1, 0.15) is 16.7 Å². The van der Waals surface area contributed by atoms with Gasteiger partial charge in [-0.25, -0.2) is 13.2 Å². The molecule has 1 aliphatic heterocycles. The molecular formula is C20H25N3O6S2. The van der Waals surface area contributed by atoms with E-state index in [-0.39, 0.29) is 18.0 Å². The van der Waals surface area contributed by atoms with Gasteiger partial charge in [0.2, 0.25) is 10.0 Å². The van der Waals surface area contributed by atoms with E-state index in [0.29, 0.717) is 34.0 Å². The molecule has 1 saturated heterocycles. The molecule has 1 amide bonds. The standard InChI is InChI=1S/C20H25N3O6S2/c1-5-29-19(25)17-13(2)22(3)20(30-17)21-18(24)16-7-6-12-23(16)31(26,27)15-10-8-14(28-4)9-11-15/h8-11,16H,5-7,12H2,1-4H3. The highest BCUT2D eigenvalue weighted by Crippen LogP contribution is 2.28. The van der Waals surface area contributed by atoms with Crippen molar-refractivity contribution in [3.05, 3.63) is 39.6 Å². The maximum atomic E-state index is 13.1. The number of methoxy groups -OCH3 is 1. The van der Waals surface area contributed by atoms with Crippen molar-refractivity contribution in [3.8, 4) is 5.75 Å². The van der Waals surface area contributed by atoms with Crippen LogP contribution in [0, 0.1) is 6.92 Å². The largest absolute Gasteiger partial charge is 0.497 e. The van der Waals surface area contributed by atoms with Crippen LogP contribution in [0.25, 0.3) is 0 Å². The average Bonchev–Trinajstić information content (AvgIpc) is 3.36. The summed E-state index contributed by atoms with van der Waals surface area (Å²) in [6.07, 6.45) is 0.946. The fourth-order valence-corrected chi connectivity index (χ4v) is 6.01. The number of carbonyl (C=O) groups excluding carboxylic acids is 2. The van der Waals surface area contributed by atoms with Gasteiger partial charge in [0, 0.05) is 19.3 Å². The van der Waals surface area contributed by atoms with Gasteiger partial charge in [-0.2, -0.15) is 9.30 Å². The lowest BCUT2D eigenvalue weighted by Gasteiger charge is -2.21. The minimum Gasteiger partial charge on any atom is -0.497 e. The highest BCUT2D eigenvalue weighted by molar-refractivity contribution is 7.89. The topological polar surface area (TPSA) is 107 Å². The molecule has 1 unspecified atom stereocenters. The van der Waals surface area contributed by atoms with Crippen molar-refractivity contribution in [2.75, 3.05) is 20.3 Å². The number of nitrogens with zero attached hydrogens (tertiary/aromatic N) is 3. The van der Waals surface area contributed by atoms with Crippen molar-refractivity contribution in [2.24, 2.45) is 12.0 Å². The Morgan fingerprint density at radius 1 is 1.26 bits per heavy atom. The van der Waals surface area contributed by atoms with Crippen molar-refractivity contribution in [3.63, 3.8) is 0 Å². The smallest absolute Gasteiger partial charge is 0.350 e. The molecule has 1 aliphatic rings. The number of esters is 1. The lowest BCUT2D eigenvalue weighted by molar-refractivity contribution is -0.121. The zero-order chi connectivity index (χ0) is 22.8. The predicted molar refractivity (Wildman–Crippen MR) is 114 cm³/mol. The highest BCUT2D eigenvalue weighted by Gasteiger charge is 2.39. The molecule has 0 aliphatic carbocycles. The van der Waals surface area contributed by atoms with E-state index in [4.69, 9.17) is 9.47 Å². The molecule has 31 heavy (non-hydrogen) atoms. The first-order valence-corrected chi connectivity index (χ1v) is 12.0. The number of hydrogen-bond donors (Lipinski definition) is 0. The van der Waals surface area contributed by atoms with Crippen LogP contribution >= 0.6 is 11.3 Å². The van der Waals surface area contributed by atoms with Gasteiger partial charge < -0.3 is 14.0 Å². The second kappa shape index (κ2) is 9.33. The predicted octanol–water partition coefficient (Wildman–Crippen LogP) is 1.86. The first kappa shape index (κ1) is 23.2. The molecule has 0 spiro atoms. The summed E-state index contributed by atoms with van der Waals surface area (Å²) in [6.45, 7) is 3.94. The maximum absolute atomic E-state index is 13.1. The number of amides is 1. The van der Waals surface area contributed by atoms with Gasteiger partial charge in [-0.05, 0) is 51.0 Å². The number of sulfonamides is 1. The molecule has 11 heteroatoms. The summed E-state index contributed by atoms with van der Waals surface area (Å²) >= 11 is 1.05. The quantitative estimate of drug-likeness (QED) is 0.600. The summed E-state index contributed by atoms with van der Waals surface area (Å²) in [5.74, 6) is -0.484. The van der Waals surface area contributed by atoms with Crippen LogP contribution in [-0.4, -0.2) is 55.5 Å². The van der Waals surface area contributed by atoms with Crippen LogP contribution in [-0.2, 0) is 26.6 Å². The molecule has 3 rings (SSSR count). The summed E-state index contributed by atoms with van der Waals surface area (Å²) in [5, 5.41) is 0. The Kier molecular flexibility index (Phi) is 6.97. The Labute approximate surface area is 185 Å². The zero-order valence-electron chi connectivity index (χ0n) is 17.8. The van der Waals surface area contributed by atoms with E-state index in [1.807, 2.05) is 0 Å². The molecule has 0 radical (unpaired) electrons. The SMILES string of the molecule is CCOC(=O)c1sc(=NC(=O)C2CCCN2S(=O)(=O)c2ccc(OC)cc2)n(C)c1C. The fraction of sp³-hybridized carbons (Fsp3) is 0.450. The first-order chi connectivity index (χ1) is 14.7. The number of aromatic nitrogens is 1. The van der Waals surface area contributed by atoms with Crippen molar-refractivity contribution in [1.29, 1.82) is 0 Å². The molecule has 2 aromatic rings. The zero-order valence-corrected chi connectivity index (χ0v) is 19.5. The molecule has 9 nitrogen and oxygen atoms in total. The van der Waals surface area contributed by atoms with E-state index in [9.17, 15) is 18.0 Å². The first-order valence-electron chi connectivity index (χ1n) is 9.78. The molecule has 1 fully saturated rings. The molecule has 1 atom stereocenters. The van der Waals surface area contributed by atoms with Gasteiger partial charge in [0.25, 0.3) is 5.91 Å². The third-order valence-corrected chi connectivity index (χ3v) is 8.27. The van der Waals surface area contributed by atoms with E-state index in [2.05, 4.69) is 4.99 Å². The number of carbonyl (C=O) groups is 2. The van der Waals surface area contributed by atoms with Gasteiger partial charge in [0.05, 0.1) is 18.6 Å². The summed E-state index contributed by atoms with van der Waals surface area (Å²) in [7, 11) is -0.669. The summed E-state index contributed by atoms with van der Waals surface area (Å²) in [5.41, 5.74) is 0.629. The van der Waals surface area contributed by atoms with Gasteiger partial charge in [0.15, 0.2) is 4.80 Å². The molecule has 0 saturated carbocycles. The van der Waals surface area contributed by atoms with Crippen LogP contribution in [0.3, 0.4) is 0 Å². The molecule has 168 valence electrons. The van der Waals surface area contributed by atoms with Crippen LogP contribution in [0.1, 0.15) is 35.1 Å².